The molecule has 0 radical (unpaired) electrons. The number of ether oxygens (including phenoxy) is 1. The van der Waals surface area contributed by atoms with Gasteiger partial charge in [-0.1, -0.05) is 6.92 Å². The second kappa shape index (κ2) is 11.1. The van der Waals surface area contributed by atoms with E-state index in [-0.39, 0.29) is 43.5 Å². The number of hydrogen-bond acceptors (Lipinski definition) is 6. The number of carbonyl (C=O) groups is 2. The lowest BCUT2D eigenvalue weighted by Gasteiger charge is -2.34. The molecule has 3 N–H and O–H groups in total. The van der Waals surface area contributed by atoms with Crippen molar-refractivity contribution in [3.8, 4) is 5.75 Å². The zero-order chi connectivity index (χ0) is 24.9. The van der Waals surface area contributed by atoms with Crippen LogP contribution in [0.2, 0.25) is 0 Å². The number of fused-ring (bicyclic) bond motifs is 1. The van der Waals surface area contributed by atoms with E-state index in [0.29, 0.717) is 23.5 Å². The van der Waals surface area contributed by atoms with E-state index in [2.05, 4.69) is 10.0 Å². The third-order valence-corrected chi connectivity index (χ3v) is 6.04. The number of aliphatic hydroxyl groups excluding tert-OH is 1. The number of benzene rings is 1. The summed E-state index contributed by atoms with van der Waals surface area (Å²) in [7, 11) is -1.81. The van der Waals surface area contributed by atoms with E-state index in [1.165, 1.54) is 0 Å². The normalized spacial score (nSPS) is 20.1. The molecular formula is C22H36N4O6S. The molecule has 1 aromatic rings. The zero-order valence-electron chi connectivity index (χ0n) is 20.2. The van der Waals surface area contributed by atoms with Crippen molar-refractivity contribution in [2.24, 2.45) is 5.92 Å². The maximum absolute atomic E-state index is 13.1. The van der Waals surface area contributed by atoms with E-state index in [4.69, 9.17) is 4.74 Å². The monoisotopic (exact) mass is 484 g/mol. The van der Waals surface area contributed by atoms with Gasteiger partial charge in [0.25, 0.3) is 0 Å². The molecule has 186 valence electrons. The maximum Gasteiger partial charge on any atom is 0.317 e. The van der Waals surface area contributed by atoms with Gasteiger partial charge in [0.2, 0.25) is 15.9 Å². The first-order valence-electron chi connectivity index (χ1n) is 11.0. The molecule has 0 bridgehead atoms. The highest BCUT2D eigenvalue weighted by atomic mass is 32.2. The van der Waals surface area contributed by atoms with Crippen LogP contribution in [0.5, 0.6) is 5.75 Å². The zero-order valence-corrected chi connectivity index (χ0v) is 21.0. The number of sulfonamides is 1. The summed E-state index contributed by atoms with van der Waals surface area (Å²) in [4.78, 5) is 28.7. The van der Waals surface area contributed by atoms with E-state index >= 15 is 0 Å². The van der Waals surface area contributed by atoms with Crippen molar-refractivity contribution in [1.82, 2.24) is 15.1 Å². The highest BCUT2D eigenvalue weighted by Crippen LogP contribution is 2.29. The van der Waals surface area contributed by atoms with Crippen LogP contribution in [0.1, 0.15) is 33.3 Å². The van der Waals surface area contributed by atoms with Gasteiger partial charge < -0.3 is 25.0 Å². The third kappa shape index (κ3) is 7.78. The first-order chi connectivity index (χ1) is 15.3. The van der Waals surface area contributed by atoms with Gasteiger partial charge in [0, 0.05) is 36.8 Å². The number of nitrogens with one attached hydrogen (secondary N) is 2. The minimum absolute atomic E-state index is 0.0118. The number of amides is 3. The highest BCUT2D eigenvalue weighted by Gasteiger charge is 2.32. The van der Waals surface area contributed by atoms with Gasteiger partial charge >= 0.3 is 6.03 Å². The average Bonchev–Trinajstić information content (AvgIpc) is 2.74. The first-order valence-corrected chi connectivity index (χ1v) is 12.9. The largest absolute Gasteiger partial charge is 0.488 e. The van der Waals surface area contributed by atoms with Gasteiger partial charge in [-0.15, -0.1) is 0 Å². The Labute approximate surface area is 196 Å². The Morgan fingerprint density at radius 2 is 2.00 bits per heavy atom. The van der Waals surface area contributed by atoms with Crippen molar-refractivity contribution in [1.29, 1.82) is 0 Å². The van der Waals surface area contributed by atoms with Crippen LogP contribution in [0.25, 0.3) is 0 Å². The van der Waals surface area contributed by atoms with Gasteiger partial charge in [0.05, 0.1) is 31.9 Å². The van der Waals surface area contributed by atoms with Crippen molar-refractivity contribution in [2.75, 3.05) is 37.7 Å². The van der Waals surface area contributed by atoms with Crippen LogP contribution in [0, 0.1) is 5.92 Å². The van der Waals surface area contributed by atoms with Gasteiger partial charge in [0.15, 0.2) is 0 Å². The summed E-state index contributed by atoms with van der Waals surface area (Å²) in [5.41, 5.74) is 0.851. The van der Waals surface area contributed by atoms with Crippen LogP contribution in [0.4, 0.5) is 10.5 Å². The predicted octanol–water partition coefficient (Wildman–Crippen LogP) is 1.26. The summed E-state index contributed by atoms with van der Waals surface area (Å²) in [6.07, 6.45) is 0.596. The lowest BCUT2D eigenvalue weighted by molar-refractivity contribution is -0.134. The number of carbonyl (C=O) groups excluding carboxylic acids is 2. The van der Waals surface area contributed by atoms with Gasteiger partial charge in [0.1, 0.15) is 11.9 Å². The van der Waals surface area contributed by atoms with Crippen LogP contribution < -0.4 is 14.8 Å². The molecule has 10 nitrogen and oxygen atoms in total. The number of urea groups is 1. The molecule has 3 amide bonds. The molecule has 11 heteroatoms. The van der Waals surface area contributed by atoms with Crippen LogP contribution >= 0.6 is 0 Å². The fourth-order valence-electron chi connectivity index (χ4n) is 3.63. The number of likely N-dealkylation sites (N-methyl/N-ethyl adjacent to an activating group) is 1. The van der Waals surface area contributed by atoms with Gasteiger partial charge in [-0.05, 0) is 39.0 Å². The Balaban J connectivity index is 2.43. The summed E-state index contributed by atoms with van der Waals surface area (Å²) >= 11 is 0. The first kappa shape index (κ1) is 26.7. The quantitative estimate of drug-likeness (QED) is 0.535. The number of rotatable bonds is 7. The minimum atomic E-state index is -3.49. The van der Waals surface area contributed by atoms with Crippen LogP contribution in [0.15, 0.2) is 18.2 Å². The van der Waals surface area contributed by atoms with E-state index in [1.54, 1.807) is 42.0 Å². The van der Waals surface area contributed by atoms with Crippen LogP contribution in [-0.4, -0.2) is 86.4 Å². The van der Waals surface area contributed by atoms with Gasteiger partial charge in [-0.2, -0.15) is 0 Å². The topological polar surface area (TPSA) is 128 Å². The van der Waals surface area contributed by atoms with Crippen molar-refractivity contribution < 1.29 is 27.9 Å². The number of hydrogen-bond donors (Lipinski definition) is 3. The molecule has 0 saturated heterocycles. The molecular weight excluding hydrogens is 448 g/mol. The Morgan fingerprint density at radius 3 is 2.58 bits per heavy atom. The van der Waals surface area contributed by atoms with Crippen LogP contribution in [-0.2, 0) is 21.2 Å². The van der Waals surface area contributed by atoms with Crippen molar-refractivity contribution in [3.05, 3.63) is 23.8 Å². The Morgan fingerprint density at radius 1 is 1.33 bits per heavy atom. The van der Waals surface area contributed by atoms with E-state index in [1.807, 2.05) is 20.8 Å². The molecule has 1 aromatic carbocycles. The molecule has 0 aromatic heterocycles. The molecule has 1 aliphatic rings. The Kier molecular flexibility index (Phi) is 8.96. The standard InChI is InChI=1S/C22H36N4O6S/c1-14(2)23-22(29)25(5)12-20-15(3)11-26(16(4)13-27)21(28)10-17-9-18(24-33(6,30)31)7-8-19(17)32-20/h7-9,14-16,20,24,27H,10-13H2,1-6H3,(H,23,29)/t15-,16-,20+/m1/s1. The summed E-state index contributed by atoms with van der Waals surface area (Å²) in [5.74, 6) is 0.101. The fourth-order valence-corrected chi connectivity index (χ4v) is 4.19. The van der Waals surface area contributed by atoms with E-state index in [0.717, 1.165) is 6.26 Å². The molecule has 0 aliphatic carbocycles. The summed E-state index contributed by atoms with van der Waals surface area (Å²) in [5, 5.41) is 12.5. The Hall–Kier alpha value is -2.53. The number of aliphatic hydroxyl groups is 1. The smallest absolute Gasteiger partial charge is 0.317 e. The van der Waals surface area contributed by atoms with E-state index < -0.39 is 22.2 Å². The fraction of sp³-hybridized carbons (Fsp3) is 0.636. The molecule has 33 heavy (non-hydrogen) atoms. The molecule has 3 atom stereocenters. The summed E-state index contributed by atoms with van der Waals surface area (Å²) in [6.45, 7) is 7.89. The summed E-state index contributed by atoms with van der Waals surface area (Å²) < 4.78 is 32.0. The molecule has 1 aliphatic heterocycles. The third-order valence-electron chi connectivity index (χ3n) is 5.43. The molecule has 1 heterocycles. The highest BCUT2D eigenvalue weighted by molar-refractivity contribution is 7.92. The molecule has 0 fully saturated rings. The molecule has 2 rings (SSSR count). The average molecular weight is 485 g/mol. The SMILES string of the molecule is CC(C)NC(=O)N(C)C[C@@H]1Oc2ccc(NS(C)(=O)=O)cc2CC(=O)N([C@H](C)CO)C[C@H]1C. The van der Waals surface area contributed by atoms with Gasteiger partial charge in [-0.25, -0.2) is 13.2 Å². The number of nitrogens with zero attached hydrogens (tertiary/aromatic N) is 2. The Bertz CT molecular complexity index is 952. The van der Waals surface area contributed by atoms with Crippen molar-refractivity contribution in [3.63, 3.8) is 0 Å². The lowest BCUT2D eigenvalue weighted by atomic mass is 10.0. The van der Waals surface area contributed by atoms with Crippen LogP contribution in [0.3, 0.4) is 0 Å². The molecule has 0 saturated carbocycles. The van der Waals surface area contributed by atoms with Gasteiger partial charge in [-0.3, -0.25) is 9.52 Å². The van der Waals surface area contributed by atoms with Crippen molar-refractivity contribution >= 4 is 27.6 Å². The minimum Gasteiger partial charge on any atom is -0.488 e. The number of anilines is 1. The predicted molar refractivity (Wildman–Crippen MR) is 127 cm³/mol. The summed E-state index contributed by atoms with van der Waals surface area (Å²) in [6, 6.07) is 4.14. The second-order valence-electron chi connectivity index (χ2n) is 9.07. The van der Waals surface area contributed by atoms with E-state index in [9.17, 15) is 23.1 Å². The second-order valence-corrected chi connectivity index (χ2v) is 10.8. The van der Waals surface area contributed by atoms with Crippen molar-refractivity contribution in [2.45, 2.75) is 52.3 Å². The molecule has 0 unspecified atom stereocenters. The molecule has 0 spiro atoms. The maximum atomic E-state index is 13.1. The lowest BCUT2D eigenvalue weighted by Crippen LogP contribution is -2.49.